The van der Waals surface area contributed by atoms with Gasteiger partial charge in [0.15, 0.2) is 0 Å². The maximum atomic E-state index is 10.7. The van der Waals surface area contributed by atoms with Crippen molar-refractivity contribution in [1.29, 1.82) is 0 Å². The molecule has 0 aliphatic rings. The van der Waals surface area contributed by atoms with E-state index in [0.29, 0.717) is 25.8 Å². The molecule has 0 aliphatic carbocycles. The Bertz CT molecular complexity index is 210. The van der Waals surface area contributed by atoms with Crippen LogP contribution in [0.25, 0.3) is 0 Å². The van der Waals surface area contributed by atoms with E-state index in [1.54, 1.807) is 0 Å². The molecule has 0 spiro atoms. The van der Waals surface area contributed by atoms with E-state index in [-0.39, 0.29) is 14.3 Å². The second-order valence-corrected chi connectivity index (χ2v) is 3.77. The number of carbonyl (C=O) groups is 1. The Kier molecular flexibility index (Phi) is 7.81. The first-order chi connectivity index (χ1) is 4.30. The Hall–Kier alpha value is -0.268. The molecule has 56 valence electrons. The van der Waals surface area contributed by atoms with E-state index in [9.17, 15) is 4.79 Å². The van der Waals surface area contributed by atoms with Gasteiger partial charge in [-0.3, -0.25) is 0 Å². The molecule has 0 saturated heterocycles. The maximum Gasteiger partial charge on any atom is -0.870 e. The van der Waals surface area contributed by atoms with Crippen LogP contribution in [0.1, 0.15) is 10.4 Å². The topological polar surface area (TPSA) is 77.1 Å². The molecule has 11 heavy (non-hydrogen) atoms. The molecule has 0 unspecified atom stereocenters. The van der Waals surface area contributed by atoms with Crippen molar-refractivity contribution in [3.05, 3.63) is 35.9 Å². The Morgan fingerprint density at radius 1 is 1.09 bits per heavy atom. The van der Waals surface area contributed by atoms with Crippen LogP contribution in [-0.4, -0.2) is 40.1 Å². The first kappa shape index (κ1) is 13.3. The summed E-state index contributed by atoms with van der Waals surface area (Å²) in [6.45, 7) is 0. The van der Waals surface area contributed by atoms with E-state index < -0.39 is 0 Å². The summed E-state index contributed by atoms with van der Waals surface area (Å²) in [7, 11) is 0. The fourth-order valence-electron chi connectivity index (χ4n) is 0.602. The van der Waals surface area contributed by atoms with Gasteiger partial charge in [0.2, 0.25) is 0 Å². The molecule has 0 bridgehead atoms. The van der Waals surface area contributed by atoms with Crippen LogP contribution < -0.4 is 0 Å². The number of hydrogen-bond acceptors (Lipinski definition) is 3. The van der Waals surface area contributed by atoms with Crippen molar-refractivity contribution in [2.45, 2.75) is 0 Å². The van der Waals surface area contributed by atoms with Crippen molar-refractivity contribution in [3.63, 3.8) is 0 Å². The minimum Gasteiger partial charge on any atom is -0.870 e. The van der Waals surface area contributed by atoms with Gasteiger partial charge in [-0.1, -0.05) is 0 Å². The first-order valence-corrected chi connectivity index (χ1v) is 4.90. The Morgan fingerprint density at radius 2 is 1.55 bits per heavy atom. The zero-order valence-corrected chi connectivity index (χ0v) is 10.3. The predicted molar refractivity (Wildman–Crippen MR) is 40.4 cm³/mol. The van der Waals surface area contributed by atoms with E-state index in [1.807, 2.05) is 30.3 Å². The van der Waals surface area contributed by atoms with Crippen LogP contribution in [0, 0.1) is 0 Å². The molecular weight excluding hydrogens is 336 g/mol. The third-order valence-electron chi connectivity index (χ3n) is 1.06. The molecule has 0 aromatic heterocycles. The number of benzene rings is 1. The summed E-state index contributed by atoms with van der Waals surface area (Å²) >= 11 is 0.428. The first-order valence-electron chi connectivity index (χ1n) is 2.65. The Morgan fingerprint density at radius 3 is 1.82 bits per heavy atom. The van der Waals surface area contributed by atoms with Gasteiger partial charge in [-0.25, -0.2) is 0 Å². The molecule has 1 rings (SSSR count). The van der Waals surface area contributed by atoms with Gasteiger partial charge in [0.1, 0.15) is 0 Å². The molecule has 0 saturated carbocycles. The van der Waals surface area contributed by atoms with Crippen molar-refractivity contribution in [2.24, 2.45) is 0 Å². The molecular formula is C7H7O3Tl. The van der Waals surface area contributed by atoms with Crippen molar-refractivity contribution in [2.75, 3.05) is 0 Å². The maximum absolute atomic E-state index is 10.7. The standard InChI is InChI=1S/C7H5O.2H2O.Tl/c8-6-7-4-2-1-3-5-7;;;/h1-5H;2*1H2;/q;;;+2/p-2. The molecule has 0 fully saturated rings. The van der Waals surface area contributed by atoms with Crippen LogP contribution in [0.3, 0.4) is 0 Å². The summed E-state index contributed by atoms with van der Waals surface area (Å²) in [5.74, 6) is 0. The second-order valence-electron chi connectivity index (χ2n) is 1.73. The van der Waals surface area contributed by atoms with Crippen LogP contribution in [0.5, 0.6) is 0 Å². The zero-order chi connectivity index (χ0) is 6.69. The third kappa shape index (κ3) is 4.23. The molecule has 0 atom stereocenters. The summed E-state index contributed by atoms with van der Waals surface area (Å²) in [6.07, 6.45) is 0. The Labute approximate surface area is 80.7 Å². The monoisotopic (exact) mass is 344 g/mol. The predicted octanol–water partition coefficient (Wildman–Crippen LogP) is 0.642. The van der Waals surface area contributed by atoms with Gasteiger partial charge in [0.05, 0.1) is 0 Å². The molecule has 0 radical (unpaired) electrons. The van der Waals surface area contributed by atoms with Gasteiger partial charge >= 0.3 is 69.8 Å². The summed E-state index contributed by atoms with van der Waals surface area (Å²) in [5, 5.41) is 0. The van der Waals surface area contributed by atoms with Crippen LogP contribution in [0.4, 0.5) is 0 Å². The minimum atomic E-state index is 0. The molecule has 2 N–H and O–H groups in total. The van der Waals surface area contributed by atoms with Gasteiger partial charge < -0.3 is 11.0 Å². The minimum absolute atomic E-state index is 0. The van der Waals surface area contributed by atoms with Crippen LogP contribution >= 0.6 is 0 Å². The molecule has 3 nitrogen and oxygen atoms in total. The Balaban J connectivity index is 0. The van der Waals surface area contributed by atoms with Gasteiger partial charge in [-0.15, -0.1) is 0 Å². The van der Waals surface area contributed by atoms with Gasteiger partial charge in [-0.05, 0) is 0 Å². The molecule has 4 heteroatoms. The molecule has 0 heterocycles. The fraction of sp³-hybridized carbons (Fsp3) is 0. The van der Waals surface area contributed by atoms with Crippen LogP contribution in [0.15, 0.2) is 30.3 Å². The normalized spacial score (nSPS) is 7.45. The summed E-state index contributed by atoms with van der Waals surface area (Å²) in [6, 6.07) is 9.38. The molecule has 1 aromatic rings. The van der Waals surface area contributed by atoms with Crippen LogP contribution in [-0.2, 0) is 0 Å². The van der Waals surface area contributed by atoms with Crippen molar-refractivity contribution in [3.8, 4) is 0 Å². The van der Waals surface area contributed by atoms with Crippen LogP contribution in [0.2, 0.25) is 0 Å². The largest absolute Gasteiger partial charge is 0.870 e. The van der Waals surface area contributed by atoms with E-state index in [1.165, 1.54) is 0 Å². The SMILES string of the molecule is O=[C]([Tl+2])c1ccccc1.[OH-].[OH-]. The fourth-order valence-corrected chi connectivity index (χ4v) is 1.35. The number of hydrogen-bond donors (Lipinski definition) is 0. The summed E-state index contributed by atoms with van der Waals surface area (Å²) in [4.78, 5) is 10.7. The summed E-state index contributed by atoms with van der Waals surface area (Å²) in [5.41, 5.74) is 0.850. The van der Waals surface area contributed by atoms with E-state index >= 15 is 0 Å². The van der Waals surface area contributed by atoms with Crippen molar-refractivity contribution >= 4 is 29.1 Å². The average Bonchev–Trinajstić information content (AvgIpc) is 1.90. The number of rotatable bonds is 1. The van der Waals surface area contributed by atoms with E-state index in [4.69, 9.17) is 0 Å². The average molecular weight is 344 g/mol. The number of carbonyl (C=O) groups excluding carboxylic acids is 1. The van der Waals surface area contributed by atoms with Crippen molar-refractivity contribution in [1.82, 2.24) is 0 Å². The molecule has 1 aromatic carbocycles. The summed E-state index contributed by atoms with van der Waals surface area (Å²) < 4.78 is 0.288. The van der Waals surface area contributed by atoms with Gasteiger partial charge in [0.25, 0.3) is 0 Å². The van der Waals surface area contributed by atoms with E-state index in [0.717, 1.165) is 5.56 Å². The smallest absolute Gasteiger partial charge is 0.870 e. The van der Waals surface area contributed by atoms with Gasteiger partial charge in [-0.2, -0.15) is 0 Å². The van der Waals surface area contributed by atoms with E-state index in [2.05, 4.69) is 0 Å². The molecule has 0 amide bonds. The van der Waals surface area contributed by atoms with Crippen molar-refractivity contribution < 1.29 is 15.7 Å². The quantitative estimate of drug-likeness (QED) is 0.702. The second kappa shape index (κ2) is 6.44. The zero-order valence-electron chi connectivity index (χ0n) is 5.77. The molecule has 0 aliphatic heterocycles. The third-order valence-corrected chi connectivity index (χ3v) is 2.35. The van der Waals surface area contributed by atoms with Gasteiger partial charge in [0, 0.05) is 0 Å².